The van der Waals surface area contributed by atoms with Gasteiger partial charge in [-0.25, -0.2) is 4.98 Å². The summed E-state index contributed by atoms with van der Waals surface area (Å²) in [6, 6.07) is 3.81. The van der Waals surface area contributed by atoms with E-state index in [1.807, 2.05) is 46.8 Å². The molecule has 2 aromatic heterocycles. The van der Waals surface area contributed by atoms with Crippen LogP contribution in [0.1, 0.15) is 38.4 Å². The number of rotatable bonds is 3. The van der Waals surface area contributed by atoms with Crippen LogP contribution in [-0.2, 0) is 11.4 Å². The van der Waals surface area contributed by atoms with Crippen molar-refractivity contribution in [1.82, 2.24) is 14.3 Å². The fourth-order valence-corrected chi connectivity index (χ4v) is 2.76. The van der Waals surface area contributed by atoms with Crippen molar-refractivity contribution >= 4 is 28.6 Å². The monoisotopic (exact) mass is 322 g/mol. The van der Waals surface area contributed by atoms with E-state index in [4.69, 9.17) is 0 Å². The van der Waals surface area contributed by atoms with Crippen LogP contribution in [-0.4, -0.2) is 29.4 Å². The highest BCUT2D eigenvalue weighted by molar-refractivity contribution is 7.91. The Balaban J connectivity index is 2.26. The first kappa shape index (κ1) is 16.1. The summed E-state index contributed by atoms with van der Waals surface area (Å²) in [6.45, 7) is 9.42. The van der Waals surface area contributed by atoms with E-state index in [1.54, 1.807) is 6.20 Å². The lowest BCUT2D eigenvalue weighted by Crippen LogP contribution is -2.26. The summed E-state index contributed by atoms with van der Waals surface area (Å²) in [5.41, 5.74) is 2.50. The van der Waals surface area contributed by atoms with E-state index in [1.165, 1.54) is 11.5 Å². The predicted molar refractivity (Wildman–Crippen MR) is 88.0 cm³/mol. The van der Waals surface area contributed by atoms with Crippen LogP contribution in [0, 0.1) is 6.92 Å². The van der Waals surface area contributed by atoms with E-state index in [0.717, 1.165) is 11.3 Å². The molecule has 0 aliphatic carbocycles. The van der Waals surface area contributed by atoms with Crippen LogP contribution in [0.4, 0.5) is 0 Å². The average molecular weight is 322 g/mol. The number of hydrogen-bond acceptors (Lipinski definition) is 6. The molecular formula is C14H18N4OS2. The summed E-state index contributed by atoms with van der Waals surface area (Å²) in [4.78, 5) is 8.63. The fraction of sp³-hybridized carbons (Fsp3) is 0.429. The summed E-state index contributed by atoms with van der Waals surface area (Å²) < 4.78 is 20.2. The summed E-state index contributed by atoms with van der Waals surface area (Å²) >= 11 is -0.0257. The van der Waals surface area contributed by atoms with Gasteiger partial charge in [-0.15, -0.1) is 0 Å². The summed E-state index contributed by atoms with van der Waals surface area (Å²) in [5.74, 6) is 0.650. The van der Waals surface area contributed by atoms with Crippen molar-refractivity contribution < 1.29 is 4.55 Å². The molecule has 0 saturated heterocycles. The highest BCUT2D eigenvalue weighted by atomic mass is 32.2. The highest BCUT2D eigenvalue weighted by Gasteiger charge is 2.27. The van der Waals surface area contributed by atoms with Gasteiger partial charge in [-0.1, -0.05) is 4.40 Å². The molecule has 7 heteroatoms. The van der Waals surface area contributed by atoms with Gasteiger partial charge in [0.1, 0.15) is 21.8 Å². The molecule has 0 bridgehead atoms. The molecule has 0 aliphatic heterocycles. The number of nitrogens with zero attached hydrogens (tertiary/aromatic N) is 4. The topological polar surface area (TPSA) is 74.1 Å². The lowest BCUT2D eigenvalue weighted by Gasteiger charge is -2.18. The van der Waals surface area contributed by atoms with E-state index in [-0.39, 0.29) is 4.75 Å². The van der Waals surface area contributed by atoms with Gasteiger partial charge in [0.2, 0.25) is 0 Å². The fourth-order valence-electron chi connectivity index (χ4n) is 1.47. The van der Waals surface area contributed by atoms with Crippen LogP contribution in [0.5, 0.6) is 0 Å². The SMILES string of the molecule is C/C(=N\[S@+]([O-])C(C)(C)C)c1nc(-c2ccnc(C)c2)ns1. The summed E-state index contributed by atoms with van der Waals surface area (Å²) in [7, 11) is 0. The zero-order valence-corrected chi connectivity index (χ0v) is 14.4. The molecule has 2 rings (SSSR count). The Hall–Kier alpha value is -1.31. The Kier molecular flexibility index (Phi) is 4.75. The zero-order valence-electron chi connectivity index (χ0n) is 12.7. The second-order valence-electron chi connectivity index (χ2n) is 5.65. The molecule has 0 unspecified atom stereocenters. The molecule has 0 amide bonds. The van der Waals surface area contributed by atoms with Crippen molar-refractivity contribution in [2.45, 2.75) is 39.4 Å². The maximum Gasteiger partial charge on any atom is 0.173 e. The molecule has 0 aromatic carbocycles. The Morgan fingerprint density at radius 1 is 1.38 bits per heavy atom. The predicted octanol–water partition coefficient (Wildman–Crippen LogP) is 3.18. The van der Waals surface area contributed by atoms with Gasteiger partial charge < -0.3 is 4.55 Å². The molecule has 2 heterocycles. The molecule has 112 valence electrons. The third-order valence-corrected chi connectivity index (χ3v) is 4.95. The maximum absolute atomic E-state index is 12.0. The minimum Gasteiger partial charge on any atom is -0.591 e. The lowest BCUT2D eigenvalue weighted by atomic mass is 10.2. The first-order valence-corrected chi connectivity index (χ1v) is 8.40. The van der Waals surface area contributed by atoms with Crippen LogP contribution < -0.4 is 0 Å². The third-order valence-electron chi connectivity index (χ3n) is 2.63. The molecule has 0 fully saturated rings. The first-order chi connectivity index (χ1) is 9.77. The first-order valence-electron chi connectivity index (χ1n) is 6.52. The van der Waals surface area contributed by atoms with E-state index < -0.39 is 11.4 Å². The van der Waals surface area contributed by atoms with Gasteiger partial charge in [0, 0.05) is 17.5 Å². The largest absolute Gasteiger partial charge is 0.591 e. The van der Waals surface area contributed by atoms with Gasteiger partial charge in [-0.2, -0.15) is 4.37 Å². The number of pyridine rings is 1. The average Bonchev–Trinajstić information content (AvgIpc) is 2.87. The quantitative estimate of drug-likeness (QED) is 0.642. The molecule has 5 nitrogen and oxygen atoms in total. The molecule has 21 heavy (non-hydrogen) atoms. The van der Waals surface area contributed by atoms with Gasteiger partial charge in [-0.05, 0) is 58.3 Å². The third kappa shape index (κ3) is 4.09. The molecule has 0 spiro atoms. The zero-order chi connectivity index (χ0) is 15.6. The molecular weight excluding hydrogens is 304 g/mol. The van der Waals surface area contributed by atoms with Crippen molar-refractivity contribution in [2.24, 2.45) is 4.40 Å². The van der Waals surface area contributed by atoms with Crippen LogP contribution in [0.3, 0.4) is 0 Å². The van der Waals surface area contributed by atoms with Crippen molar-refractivity contribution in [2.75, 3.05) is 0 Å². The lowest BCUT2D eigenvalue weighted by molar-refractivity contribution is 0.561. The second-order valence-corrected chi connectivity index (χ2v) is 8.30. The normalized spacial score (nSPS) is 14.3. The van der Waals surface area contributed by atoms with Gasteiger partial charge in [0.25, 0.3) is 0 Å². The van der Waals surface area contributed by atoms with Crippen molar-refractivity contribution in [1.29, 1.82) is 0 Å². The molecule has 0 N–H and O–H groups in total. The van der Waals surface area contributed by atoms with E-state index in [9.17, 15) is 4.55 Å². The highest BCUT2D eigenvalue weighted by Crippen LogP contribution is 2.21. The van der Waals surface area contributed by atoms with Crippen LogP contribution >= 0.6 is 11.5 Å². The molecule has 2 aromatic rings. The van der Waals surface area contributed by atoms with Crippen LogP contribution in [0.2, 0.25) is 0 Å². The minimum atomic E-state index is -1.29. The molecule has 0 radical (unpaired) electrons. The van der Waals surface area contributed by atoms with Gasteiger partial charge >= 0.3 is 0 Å². The summed E-state index contributed by atoms with van der Waals surface area (Å²) in [5, 5.41) is 0.692. The smallest absolute Gasteiger partial charge is 0.173 e. The van der Waals surface area contributed by atoms with Crippen molar-refractivity contribution in [3.8, 4) is 11.4 Å². The standard InChI is InChI=1S/C14H18N4OS2/c1-9-8-11(6-7-15-9)12-16-13(20-17-12)10(2)18-21(19)14(3,4)5/h6-8H,1-5H3/b18-10+/t21-/m1/s1. The maximum atomic E-state index is 12.0. The van der Waals surface area contributed by atoms with Crippen LogP contribution in [0.25, 0.3) is 11.4 Å². The van der Waals surface area contributed by atoms with E-state index >= 15 is 0 Å². The Morgan fingerprint density at radius 3 is 2.71 bits per heavy atom. The van der Waals surface area contributed by atoms with E-state index in [0.29, 0.717) is 16.5 Å². The van der Waals surface area contributed by atoms with Crippen molar-refractivity contribution in [3.05, 3.63) is 29.0 Å². The minimum absolute atomic E-state index is 0.378. The van der Waals surface area contributed by atoms with Gasteiger partial charge in [0.15, 0.2) is 10.8 Å². The van der Waals surface area contributed by atoms with Crippen LogP contribution in [0.15, 0.2) is 22.7 Å². The number of aryl methyl sites for hydroxylation is 1. The number of hydrogen-bond donors (Lipinski definition) is 0. The van der Waals surface area contributed by atoms with E-state index in [2.05, 4.69) is 18.7 Å². The van der Waals surface area contributed by atoms with Gasteiger partial charge in [-0.3, -0.25) is 4.98 Å². The van der Waals surface area contributed by atoms with Gasteiger partial charge in [0.05, 0.1) is 0 Å². The number of aromatic nitrogens is 3. The molecule has 0 aliphatic rings. The molecule has 0 saturated carbocycles. The second kappa shape index (κ2) is 6.21. The van der Waals surface area contributed by atoms with Crippen molar-refractivity contribution in [3.63, 3.8) is 0 Å². The Labute approximate surface area is 132 Å². The Bertz CT molecular complexity index is 661. The summed E-state index contributed by atoms with van der Waals surface area (Å²) in [6.07, 6.45) is 1.74. The Morgan fingerprint density at radius 2 is 2.10 bits per heavy atom. The molecule has 1 atom stereocenters.